The van der Waals surface area contributed by atoms with Crippen LogP contribution in [0.3, 0.4) is 0 Å². The van der Waals surface area contributed by atoms with E-state index >= 15 is 0 Å². The third kappa shape index (κ3) is 4.06. The SMILES string of the molecule is CCCCNC(=O)c1csc(Nc2ccc(C)cc2)n1. The van der Waals surface area contributed by atoms with Crippen molar-refractivity contribution in [3.8, 4) is 0 Å². The van der Waals surface area contributed by atoms with Crippen molar-refractivity contribution in [3.63, 3.8) is 0 Å². The van der Waals surface area contributed by atoms with Crippen LogP contribution >= 0.6 is 11.3 Å². The zero-order valence-electron chi connectivity index (χ0n) is 11.8. The lowest BCUT2D eigenvalue weighted by molar-refractivity contribution is 0.0949. The number of rotatable bonds is 6. The first-order valence-corrected chi connectivity index (χ1v) is 7.64. The largest absolute Gasteiger partial charge is 0.351 e. The number of thiazole rings is 1. The Morgan fingerprint density at radius 1 is 1.30 bits per heavy atom. The molecule has 1 aromatic heterocycles. The van der Waals surface area contributed by atoms with Crippen LogP contribution in [0, 0.1) is 6.92 Å². The zero-order valence-corrected chi connectivity index (χ0v) is 12.6. The minimum Gasteiger partial charge on any atom is -0.351 e. The normalized spacial score (nSPS) is 10.3. The molecular weight excluding hydrogens is 270 g/mol. The minimum atomic E-state index is -0.105. The van der Waals surface area contributed by atoms with E-state index in [0.29, 0.717) is 12.2 Å². The molecular formula is C15H19N3OS. The molecule has 2 aromatic rings. The van der Waals surface area contributed by atoms with Gasteiger partial charge in [-0.1, -0.05) is 31.0 Å². The number of unbranched alkanes of at least 4 members (excludes halogenated alkanes) is 1. The third-order valence-corrected chi connectivity index (χ3v) is 3.61. The Morgan fingerprint density at radius 3 is 2.75 bits per heavy atom. The Bertz CT molecular complexity index is 563. The summed E-state index contributed by atoms with van der Waals surface area (Å²) >= 11 is 1.43. The van der Waals surface area contributed by atoms with Crippen LogP contribution in [-0.2, 0) is 0 Å². The van der Waals surface area contributed by atoms with E-state index in [1.807, 2.05) is 31.2 Å². The van der Waals surface area contributed by atoms with Gasteiger partial charge in [0.2, 0.25) is 0 Å². The van der Waals surface area contributed by atoms with Gasteiger partial charge in [-0.2, -0.15) is 0 Å². The molecule has 0 fully saturated rings. The summed E-state index contributed by atoms with van der Waals surface area (Å²) in [6.07, 6.45) is 2.06. The van der Waals surface area contributed by atoms with E-state index in [0.717, 1.165) is 23.7 Å². The number of anilines is 2. The van der Waals surface area contributed by atoms with E-state index in [1.54, 1.807) is 5.38 Å². The molecule has 20 heavy (non-hydrogen) atoms. The second-order valence-electron chi connectivity index (χ2n) is 4.64. The second kappa shape index (κ2) is 7.05. The molecule has 0 saturated carbocycles. The molecule has 0 bridgehead atoms. The molecule has 4 nitrogen and oxygen atoms in total. The number of aromatic nitrogens is 1. The molecule has 0 unspecified atom stereocenters. The Hall–Kier alpha value is -1.88. The maximum atomic E-state index is 11.8. The lowest BCUT2D eigenvalue weighted by atomic mass is 10.2. The number of nitrogens with zero attached hydrogens (tertiary/aromatic N) is 1. The fourth-order valence-electron chi connectivity index (χ4n) is 1.67. The number of nitrogens with one attached hydrogen (secondary N) is 2. The van der Waals surface area contributed by atoms with Gasteiger partial charge in [0.25, 0.3) is 5.91 Å². The number of benzene rings is 1. The molecule has 1 amide bonds. The highest BCUT2D eigenvalue weighted by Crippen LogP contribution is 2.21. The Morgan fingerprint density at radius 2 is 2.05 bits per heavy atom. The highest BCUT2D eigenvalue weighted by atomic mass is 32.1. The first-order valence-electron chi connectivity index (χ1n) is 6.76. The standard InChI is InChI=1S/C15H19N3OS/c1-3-4-9-16-14(19)13-10-20-15(18-13)17-12-7-5-11(2)6-8-12/h5-8,10H,3-4,9H2,1-2H3,(H,16,19)(H,17,18). The van der Waals surface area contributed by atoms with Gasteiger partial charge in [-0.05, 0) is 25.5 Å². The van der Waals surface area contributed by atoms with Crippen LogP contribution in [0.25, 0.3) is 0 Å². The van der Waals surface area contributed by atoms with Crippen LogP contribution in [0.4, 0.5) is 10.8 Å². The lowest BCUT2D eigenvalue weighted by Crippen LogP contribution is -2.24. The molecule has 0 saturated heterocycles. The van der Waals surface area contributed by atoms with Gasteiger partial charge < -0.3 is 10.6 Å². The summed E-state index contributed by atoms with van der Waals surface area (Å²) in [7, 11) is 0. The van der Waals surface area contributed by atoms with Crippen LogP contribution in [-0.4, -0.2) is 17.4 Å². The summed E-state index contributed by atoms with van der Waals surface area (Å²) in [6, 6.07) is 8.07. The van der Waals surface area contributed by atoms with E-state index < -0.39 is 0 Å². The number of carbonyl (C=O) groups is 1. The summed E-state index contributed by atoms with van der Waals surface area (Å²) in [5.41, 5.74) is 2.66. The predicted molar refractivity (Wildman–Crippen MR) is 83.8 cm³/mol. The number of hydrogen-bond donors (Lipinski definition) is 2. The first kappa shape index (κ1) is 14.5. The van der Waals surface area contributed by atoms with Gasteiger partial charge in [-0.3, -0.25) is 4.79 Å². The average Bonchev–Trinajstić information content (AvgIpc) is 2.90. The highest BCUT2D eigenvalue weighted by molar-refractivity contribution is 7.14. The van der Waals surface area contributed by atoms with E-state index in [-0.39, 0.29) is 5.91 Å². The summed E-state index contributed by atoms with van der Waals surface area (Å²) < 4.78 is 0. The van der Waals surface area contributed by atoms with Gasteiger partial charge in [0, 0.05) is 17.6 Å². The van der Waals surface area contributed by atoms with Gasteiger partial charge in [-0.25, -0.2) is 4.98 Å². The van der Waals surface area contributed by atoms with Gasteiger partial charge in [-0.15, -0.1) is 11.3 Å². The second-order valence-corrected chi connectivity index (χ2v) is 5.50. The Labute approximate surface area is 123 Å². The van der Waals surface area contributed by atoms with Crippen LogP contribution in [0.5, 0.6) is 0 Å². The Kier molecular flexibility index (Phi) is 5.12. The van der Waals surface area contributed by atoms with Gasteiger partial charge in [0.15, 0.2) is 5.13 Å². The maximum Gasteiger partial charge on any atom is 0.270 e. The lowest BCUT2D eigenvalue weighted by Gasteiger charge is -2.03. The minimum absolute atomic E-state index is 0.105. The van der Waals surface area contributed by atoms with Crippen molar-refractivity contribution in [2.75, 3.05) is 11.9 Å². The van der Waals surface area contributed by atoms with Gasteiger partial charge in [0.1, 0.15) is 5.69 Å². The highest BCUT2D eigenvalue weighted by Gasteiger charge is 2.10. The topological polar surface area (TPSA) is 54.0 Å². The number of amides is 1. The van der Waals surface area contributed by atoms with Gasteiger partial charge >= 0.3 is 0 Å². The molecule has 0 radical (unpaired) electrons. The number of aryl methyl sites for hydroxylation is 1. The zero-order chi connectivity index (χ0) is 14.4. The van der Waals surface area contributed by atoms with Crippen LogP contribution in [0.2, 0.25) is 0 Å². The molecule has 2 rings (SSSR count). The molecule has 2 N–H and O–H groups in total. The molecule has 106 valence electrons. The predicted octanol–water partition coefficient (Wildman–Crippen LogP) is 3.73. The van der Waals surface area contributed by atoms with Crippen LogP contribution in [0.1, 0.15) is 35.8 Å². The molecule has 0 aliphatic heterocycles. The van der Waals surface area contributed by atoms with Crippen LogP contribution in [0.15, 0.2) is 29.6 Å². The molecule has 1 aromatic carbocycles. The average molecular weight is 289 g/mol. The van der Waals surface area contributed by atoms with Crippen molar-refractivity contribution < 1.29 is 4.79 Å². The van der Waals surface area contributed by atoms with Crippen molar-refractivity contribution in [2.45, 2.75) is 26.7 Å². The monoisotopic (exact) mass is 289 g/mol. The molecule has 1 heterocycles. The molecule has 5 heteroatoms. The molecule has 0 aliphatic rings. The summed E-state index contributed by atoms with van der Waals surface area (Å²) in [5, 5.41) is 8.57. The fraction of sp³-hybridized carbons (Fsp3) is 0.333. The summed E-state index contributed by atoms with van der Waals surface area (Å²) in [5.74, 6) is -0.105. The molecule has 0 atom stereocenters. The van der Waals surface area contributed by atoms with Crippen molar-refractivity contribution in [1.82, 2.24) is 10.3 Å². The molecule has 0 aliphatic carbocycles. The quantitative estimate of drug-likeness (QED) is 0.797. The van der Waals surface area contributed by atoms with Crippen molar-refractivity contribution in [3.05, 3.63) is 40.9 Å². The number of carbonyl (C=O) groups excluding carboxylic acids is 1. The van der Waals surface area contributed by atoms with Crippen molar-refractivity contribution >= 4 is 28.1 Å². The van der Waals surface area contributed by atoms with Crippen molar-refractivity contribution in [2.24, 2.45) is 0 Å². The third-order valence-electron chi connectivity index (χ3n) is 2.86. The van der Waals surface area contributed by atoms with E-state index in [2.05, 4.69) is 22.5 Å². The van der Waals surface area contributed by atoms with E-state index in [4.69, 9.17) is 0 Å². The smallest absolute Gasteiger partial charge is 0.270 e. The summed E-state index contributed by atoms with van der Waals surface area (Å²) in [6.45, 7) is 4.85. The Balaban J connectivity index is 1.94. The first-order chi connectivity index (χ1) is 9.69. The number of hydrogen-bond acceptors (Lipinski definition) is 4. The summed E-state index contributed by atoms with van der Waals surface area (Å²) in [4.78, 5) is 16.1. The van der Waals surface area contributed by atoms with E-state index in [9.17, 15) is 4.79 Å². The van der Waals surface area contributed by atoms with E-state index in [1.165, 1.54) is 16.9 Å². The van der Waals surface area contributed by atoms with Crippen molar-refractivity contribution in [1.29, 1.82) is 0 Å². The fourth-order valence-corrected chi connectivity index (χ4v) is 2.38. The van der Waals surface area contributed by atoms with Crippen LogP contribution < -0.4 is 10.6 Å². The molecule has 0 spiro atoms. The van der Waals surface area contributed by atoms with Gasteiger partial charge in [0.05, 0.1) is 0 Å². The maximum absolute atomic E-state index is 11.8.